The van der Waals surface area contributed by atoms with E-state index in [4.69, 9.17) is 0 Å². The smallest absolute Gasteiger partial charge is 0.308 e. The number of halogens is 2. The predicted octanol–water partition coefficient (Wildman–Crippen LogP) is 12.8. The number of nitrogens with one attached hydrogen (secondary N) is 2. The monoisotopic (exact) mass is 1140 g/mol. The number of hydrogen-bond acceptors (Lipinski definition) is 10. The zero-order valence-corrected chi connectivity index (χ0v) is 48.2. The molecule has 0 unspecified atom stereocenters. The van der Waals surface area contributed by atoms with E-state index < -0.39 is 36.4 Å². The van der Waals surface area contributed by atoms with E-state index >= 15 is 0 Å². The first kappa shape index (κ1) is 63.0. The van der Waals surface area contributed by atoms with Crippen LogP contribution in [0.1, 0.15) is 110 Å². The van der Waals surface area contributed by atoms with E-state index in [0.29, 0.717) is 46.7 Å². The van der Waals surface area contributed by atoms with Crippen LogP contribution in [0.3, 0.4) is 0 Å². The summed E-state index contributed by atoms with van der Waals surface area (Å²) in [6, 6.07) is 49.9. The highest BCUT2D eigenvalue weighted by molar-refractivity contribution is 6.13. The predicted molar refractivity (Wildman–Crippen MR) is 323 cm³/mol. The molecule has 440 valence electrons. The first-order valence-corrected chi connectivity index (χ1v) is 28.1. The molecule has 14 nitrogen and oxygen atoms in total. The molecule has 4 atom stereocenters. The Hall–Kier alpha value is -8.54. The molecule has 0 saturated heterocycles. The number of hydrogen-bond donors (Lipinski definition) is 6. The first-order chi connectivity index (χ1) is 40.4. The molecule has 6 aromatic carbocycles. The fourth-order valence-corrected chi connectivity index (χ4v) is 10.6. The second-order valence-corrected chi connectivity index (χ2v) is 21.2. The molecule has 8 aromatic rings. The van der Waals surface area contributed by atoms with Crippen LogP contribution in [0, 0.1) is 11.6 Å². The molecule has 0 aliphatic carbocycles. The van der Waals surface area contributed by atoms with Crippen molar-refractivity contribution < 1.29 is 57.9 Å². The van der Waals surface area contributed by atoms with Crippen LogP contribution < -0.4 is 10.6 Å². The molecule has 8 rings (SSSR count). The van der Waals surface area contributed by atoms with Crippen LogP contribution >= 0.6 is 0 Å². The molecular formula is C68H74F2N4O10. The maximum atomic E-state index is 14.1. The third-order valence-corrected chi connectivity index (χ3v) is 14.3. The Morgan fingerprint density at radius 2 is 0.750 bits per heavy atom. The Morgan fingerprint density at radius 3 is 1.05 bits per heavy atom. The largest absolute Gasteiger partial charge is 0.469 e. The molecule has 6 N–H and O–H groups in total. The number of anilines is 2. The average Bonchev–Trinajstić information content (AvgIpc) is 4.26. The zero-order valence-electron chi connectivity index (χ0n) is 48.2. The van der Waals surface area contributed by atoms with Gasteiger partial charge >= 0.3 is 11.9 Å². The molecule has 0 radical (unpaired) electrons. The highest BCUT2D eigenvalue weighted by Gasteiger charge is 2.33. The van der Waals surface area contributed by atoms with Crippen molar-refractivity contribution in [3.63, 3.8) is 0 Å². The van der Waals surface area contributed by atoms with Crippen LogP contribution in [0.15, 0.2) is 170 Å². The lowest BCUT2D eigenvalue weighted by Crippen LogP contribution is -2.23. The van der Waals surface area contributed by atoms with Gasteiger partial charge in [0.2, 0.25) is 0 Å². The standard InChI is InChI=1S/2C34H37FN2O5/c2*1-22(2)32-31(34(41)36-26-12-8-5-9-13-26)30(23-10-6-4-7-11-23)33(24-14-16-25(35)17-15-24)37(32)19-18-27(38)20-28(39)21-29(40)42-3/h2*4-17,22,27-28,38-39H,18-21H2,1-3H3,(H,36,41)/t2*27-,28-/m11/s1. The molecule has 0 fully saturated rings. The second-order valence-electron chi connectivity index (χ2n) is 21.2. The fourth-order valence-electron chi connectivity index (χ4n) is 10.6. The molecule has 0 aliphatic heterocycles. The topological polar surface area (TPSA) is 202 Å². The molecule has 2 heterocycles. The van der Waals surface area contributed by atoms with Gasteiger partial charge in [-0.25, -0.2) is 8.78 Å². The normalized spacial score (nSPS) is 12.6. The highest BCUT2D eigenvalue weighted by atomic mass is 19.1. The number of nitrogens with zero attached hydrogens (tertiary/aromatic N) is 2. The lowest BCUT2D eigenvalue weighted by molar-refractivity contribution is -0.144. The average molecular weight is 1150 g/mol. The first-order valence-electron chi connectivity index (χ1n) is 28.1. The second kappa shape index (κ2) is 30.1. The Morgan fingerprint density at radius 1 is 0.440 bits per heavy atom. The van der Waals surface area contributed by atoms with Crippen LogP contribution in [0.25, 0.3) is 44.8 Å². The summed E-state index contributed by atoms with van der Waals surface area (Å²) in [5, 5.41) is 48.3. The summed E-state index contributed by atoms with van der Waals surface area (Å²) in [6.45, 7) is 8.64. The van der Waals surface area contributed by atoms with Crippen molar-refractivity contribution in [2.45, 2.75) is 116 Å². The summed E-state index contributed by atoms with van der Waals surface area (Å²) >= 11 is 0. The Kier molecular flexibility index (Phi) is 22.6. The molecule has 2 amide bonds. The number of carbonyl (C=O) groups is 4. The van der Waals surface area contributed by atoms with Crippen LogP contribution in [0.5, 0.6) is 0 Å². The SMILES string of the molecule is COC(=O)C[C@H](O)C[C@H](O)CCn1c(-c2ccc(F)cc2)c(-c2ccccc2)c(C(=O)Nc2ccccc2)c1C(C)C.COC(=O)C[C@H](O)C[C@H](O)CCn1c(-c2ccc(F)cc2)c(-c2ccccc2)c(C(=O)Nc2ccccc2)c1C(C)C. The lowest BCUT2D eigenvalue weighted by Gasteiger charge is -2.20. The van der Waals surface area contributed by atoms with Gasteiger partial charge in [0, 0.05) is 47.0 Å². The summed E-state index contributed by atoms with van der Waals surface area (Å²) in [6.07, 6.45) is -3.89. The summed E-state index contributed by atoms with van der Waals surface area (Å²) in [7, 11) is 2.50. The minimum absolute atomic E-state index is 0.00778. The van der Waals surface area contributed by atoms with Gasteiger partial charge in [0.25, 0.3) is 11.8 Å². The van der Waals surface area contributed by atoms with Gasteiger partial charge in [0.15, 0.2) is 0 Å². The van der Waals surface area contributed by atoms with Crippen LogP contribution in [-0.4, -0.2) is 91.9 Å². The molecule has 0 bridgehead atoms. The molecule has 16 heteroatoms. The van der Waals surface area contributed by atoms with Gasteiger partial charge in [-0.05, 0) is 133 Å². The number of methoxy groups -OCH3 is 2. The van der Waals surface area contributed by atoms with Gasteiger partial charge in [0.1, 0.15) is 11.6 Å². The number of aromatic nitrogens is 2. The van der Waals surface area contributed by atoms with Gasteiger partial charge in [-0.2, -0.15) is 0 Å². The molecule has 0 aliphatic rings. The van der Waals surface area contributed by atoms with E-state index in [2.05, 4.69) is 20.1 Å². The summed E-state index contributed by atoms with van der Waals surface area (Å²) in [4.78, 5) is 51.3. The van der Waals surface area contributed by atoms with Crippen molar-refractivity contribution >= 4 is 35.1 Å². The van der Waals surface area contributed by atoms with Crippen molar-refractivity contribution in [1.82, 2.24) is 9.13 Å². The zero-order chi connectivity index (χ0) is 60.5. The maximum Gasteiger partial charge on any atom is 0.308 e. The van der Waals surface area contributed by atoms with Crippen molar-refractivity contribution in [1.29, 1.82) is 0 Å². The Balaban J connectivity index is 0.000000241. The quantitative estimate of drug-likeness (QED) is 0.0316. The van der Waals surface area contributed by atoms with E-state index in [1.54, 1.807) is 24.3 Å². The van der Waals surface area contributed by atoms with E-state index in [-0.39, 0.29) is 73.8 Å². The summed E-state index contributed by atoms with van der Waals surface area (Å²) < 4.78 is 41.4. The van der Waals surface area contributed by atoms with Gasteiger partial charge in [-0.3, -0.25) is 19.2 Å². The van der Waals surface area contributed by atoms with E-state index in [1.165, 1.54) is 38.5 Å². The lowest BCUT2D eigenvalue weighted by atomic mass is 9.94. The number of esters is 2. The van der Waals surface area contributed by atoms with Crippen molar-refractivity contribution in [2.24, 2.45) is 0 Å². The van der Waals surface area contributed by atoms with Crippen molar-refractivity contribution in [3.05, 3.63) is 204 Å². The van der Waals surface area contributed by atoms with Gasteiger partial charge in [-0.1, -0.05) is 125 Å². The minimum Gasteiger partial charge on any atom is -0.469 e. The number of amides is 2. The van der Waals surface area contributed by atoms with Crippen LogP contribution in [-0.2, 0) is 32.2 Å². The van der Waals surface area contributed by atoms with Crippen LogP contribution in [0.4, 0.5) is 20.2 Å². The van der Waals surface area contributed by atoms with Gasteiger partial charge in [-0.15, -0.1) is 0 Å². The van der Waals surface area contributed by atoms with Gasteiger partial charge < -0.3 is 49.7 Å². The summed E-state index contributed by atoms with van der Waals surface area (Å²) in [5.74, 6) is -2.61. The number of ether oxygens (including phenoxy) is 2. The molecule has 84 heavy (non-hydrogen) atoms. The number of aliphatic hydroxyl groups is 4. The van der Waals surface area contributed by atoms with Gasteiger partial charge in [0.05, 0.1) is 74.0 Å². The number of carbonyl (C=O) groups excluding carboxylic acids is 4. The number of benzene rings is 6. The summed E-state index contributed by atoms with van der Waals surface area (Å²) in [5.41, 5.74) is 9.80. The molecule has 2 aromatic heterocycles. The third kappa shape index (κ3) is 16.4. The third-order valence-electron chi connectivity index (χ3n) is 14.3. The molecule has 0 spiro atoms. The van der Waals surface area contributed by atoms with Crippen LogP contribution in [0.2, 0.25) is 0 Å². The van der Waals surface area contributed by atoms with E-state index in [1.807, 2.05) is 158 Å². The number of aliphatic hydroxyl groups excluding tert-OH is 4. The van der Waals surface area contributed by atoms with Crippen molar-refractivity contribution in [2.75, 3.05) is 24.9 Å². The number of rotatable bonds is 24. The molecular weight excluding hydrogens is 1070 g/mol. The minimum atomic E-state index is -1.05. The number of para-hydroxylation sites is 2. The molecule has 0 saturated carbocycles. The Labute approximate surface area is 489 Å². The Bertz CT molecular complexity index is 3200. The highest BCUT2D eigenvalue weighted by Crippen LogP contribution is 2.45. The van der Waals surface area contributed by atoms with E-state index in [9.17, 15) is 48.4 Å². The maximum absolute atomic E-state index is 14.1. The fraction of sp³-hybridized carbons (Fsp3) is 0.294. The van der Waals surface area contributed by atoms with E-state index in [0.717, 1.165) is 45.0 Å². The van der Waals surface area contributed by atoms with Crippen molar-refractivity contribution in [3.8, 4) is 44.8 Å².